The molecule has 0 heterocycles. The number of alkyl halides is 4. The van der Waals surface area contributed by atoms with Crippen LogP contribution in [-0.4, -0.2) is 34.9 Å². The summed E-state index contributed by atoms with van der Waals surface area (Å²) in [5, 5.41) is -0.501. The first-order chi connectivity index (χ1) is 8.46. The Morgan fingerprint density at radius 1 is 1.26 bits per heavy atom. The Bertz CT molecular complexity index is 290. The molecule has 0 aromatic carbocycles. The van der Waals surface area contributed by atoms with Crippen LogP contribution in [0.15, 0.2) is 0 Å². The van der Waals surface area contributed by atoms with Crippen molar-refractivity contribution < 1.29 is 27.1 Å². The Kier molecular flexibility index (Phi) is 7.18. The quantitative estimate of drug-likeness (QED) is 0.402. The van der Waals surface area contributed by atoms with Crippen molar-refractivity contribution >= 4 is 17.7 Å². The molecule has 1 atom stereocenters. The second-order valence-electron chi connectivity index (χ2n) is 5.21. The predicted molar refractivity (Wildman–Crippen MR) is 68.0 cm³/mol. The molecule has 0 radical (unpaired) electrons. The van der Waals surface area contributed by atoms with Crippen molar-refractivity contribution in [3.05, 3.63) is 0 Å². The van der Waals surface area contributed by atoms with E-state index in [0.29, 0.717) is 0 Å². The van der Waals surface area contributed by atoms with E-state index >= 15 is 0 Å². The molecule has 0 aliphatic carbocycles. The number of hydrogen-bond donors (Lipinski definition) is 0. The predicted octanol–water partition coefficient (Wildman–Crippen LogP) is 4.13. The topological polar surface area (TPSA) is 26.3 Å². The third-order valence-corrected chi connectivity index (χ3v) is 3.30. The summed E-state index contributed by atoms with van der Waals surface area (Å²) < 4.78 is 54.1. The molecular weight excluding hydrogens is 284 g/mol. The van der Waals surface area contributed by atoms with E-state index in [1.54, 1.807) is 27.7 Å². The number of hydrogen-bond acceptors (Lipinski definition) is 3. The van der Waals surface area contributed by atoms with Gasteiger partial charge < -0.3 is 4.74 Å². The third-order valence-electron chi connectivity index (χ3n) is 2.08. The van der Waals surface area contributed by atoms with Gasteiger partial charge in [0.25, 0.3) is 0 Å². The highest BCUT2D eigenvalue weighted by molar-refractivity contribution is 8.00. The summed E-state index contributed by atoms with van der Waals surface area (Å²) in [6, 6.07) is 0. The third kappa shape index (κ3) is 8.34. The lowest BCUT2D eigenvalue weighted by Gasteiger charge is -2.22. The minimum atomic E-state index is -3.95. The normalized spacial score (nSPS) is 14.6. The average Bonchev–Trinajstić information content (AvgIpc) is 2.21. The molecule has 7 heteroatoms. The fourth-order valence-corrected chi connectivity index (χ4v) is 1.98. The monoisotopic (exact) mass is 304 g/mol. The second kappa shape index (κ2) is 7.36. The van der Waals surface area contributed by atoms with E-state index < -0.39 is 35.6 Å². The summed E-state index contributed by atoms with van der Waals surface area (Å²) in [6.45, 7) is 6.78. The number of esters is 1. The van der Waals surface area contributed by atoms with Crippen LogP contribution in [0.4, 0.5) is 17.6 Å². The van der Waals surface area contributed by atoms with E-state index in [0.717, 1.165) is 11.8 Å². The fraction of sp³-hybridized carbons (Fsp3) is 0.917. The molecule has 0 saturated carbocycles. The lowest BCUT2D eigenvalue weighted by Crippen LogP contribution is -2.29. The van der Waals surface area contributed by atoms with E-state index in [2.05, 4.69) is 0 Å². The molecule has 19 heavy (non-hydrogen) atoms. The maximum Gasteiger partial charge on any atom is 0.319 e. The van der Waals surface area contributed by atoms with E-state index in [1.807, 2.05) is 0 Å². The van der Waals surface area contributed by atoms with Gasteiger partial charge in [-0.05, 0) is 39.9 Å². The zero-order chi connectivity index (χ0) is 15.3. The van der Waals surface area contributed by atoms with Gasteiger partial charge in [0.2, 0.25) is 0 Å². The van der Waals surface area contributed by atoms with Crippen LogP contribution in [-0.2, 0) is 9.53 Å². The molecule has 0 rings (SSSR count). The van der Waals surface area contributed by atoms with Gasteiger partial charge in [-0.1, -0.05) is 0 Å². The molecule has 0 bridgehead atoms. The first-order valence-corrected chi connectivity index (χ1v) is 7.01. The van der Waals surface area contributed by atoms with Crippen molar-refractivity contribution in [2.75, 3.05) is 5.75 Å². The maximum atomic E-state index is 12.6. The molecule has 2 nitrogen and oxygen atoms in total. The largest absolute Gasteiger partial charge is 0.459 e. The zero-order valence-corrected chi connectivity index (χ0v) is 12.3. The molecule has 0 spiro atoms. The highest BCUT2D eigenvalue weighted by Gasteiger charge is 2.39. The Balaban J connectivity index is 3.93. The molecule has 0 amide bonds. The van der Waals surface area contributed by atoms with Crippen molar-refractivity contribution in [2.24, 2.45) is 0 Å². The summed E-state index contributed by atoms with van der Waals surface area (Å²) in [4.78, 5) is 11.5. The maximum absolute atomic E-state index is 12.6. The van der Waals surface area contributed by atoms with Gasteiger partial charge in [-0.15, -0.1) is 11.8 Å². The number of carbonyl (C=O) groups excluding carboxylic acids is 1. The number of rotatable bonds is 7. The van der Waals surface area contributed by atoms with Crippen LogP contribution in [0.5, 0.6) is 0 Å². The molecular formula is C12H20F4O2S. The molecule has 0 fully saturated rings. The van der Waals surface area contributed by atoms with Crippen molar-refractivity contribution in [3.63, 3.8) is 0 Å². The molecule has 114 valence electrons. The highest BCUT2D eigenvalue weighted by atomic mass is 32.2. The Hall–Kier alpha value is -0.460. The summed E-state index contributed by atoms with van der Waals surface area (Å²) in [6.07, 6.45) is -4.59. The Labute approximate surface area is 115 Å². The summed E-state index contributed by atoms with van der Waals surface area (Å²) in [5.74, 6) is -4.17. The Morgan fingerprint density at radius 2 is 1.79 bits per heavy atom. The number of halogens is 4. The molecule has 0 N–H and O–H groups in total. The van der Waals surface area contributed by atoms with E-state index in [4.69, 9.17) is 4.74 Å². The van der Waals surface area contributed by atoms with Crippen LogP contribution in [0.3, 0.4) is 0 Å². The van der Waals surface area contributed by atoms with Gasteiger partial charge in [0.1, 0.15) is 5.60 Å². The summed E-state index contributed by atoms with van der Waals surface area (Å²) >= 11 is 1.12. The summed E-state index contributed by atoms with van der Waals surface area (Å²) in [5.41, 5.74) is -0.603. The van der Waals surface area contributed by atoms with Crippen LogP contribution in [0, 0.1) is 0 Å². The minimum absolute atomic E-state index is 0.0743. The molecule has 1 unspecified atom stereocenters. The van der Waals surface area contributed by atoms with Crippen LogP contribution in [0.1, 0.15) is 40.5 Å². The van der Waals surface area contributed by atoms with Crippen molar-refractivity contribution in [1.29, 1.82) is 0 Å². The SMILES string of the molecule is CC(SCCCC(F)(F)C(F)F)C(=O)OC(C)(C)C. The van der Waals surface area contributed by atoms with Crippen molar-refractivity contribution in [1.82, 2.24) is 0 Å². The number of thioether (sulfide) groups is 1. The van der Waals surface area contributed by atoms with Gasteiger partial charge in [-0.25, -0.2) is 17.6 Å². The van der Waals surface area contributed by atoms with Crippen molar-refractivity contribution in [2.45, 2.75) is 63.7 Å². The van der Waals surface area contributed by atoms with Gasteiger partial charge in [0.05, 0.1) is 5.25 Å². The van der Waals surface area contributed by atoms with Crippen LogP contribution in [0.2, 0.25) is 0 Å². The van der Waals surface area contributed by atoms with Gasteiger partial charge in [0, 0.05) is 6.42 Å². The van der Waals surface area contributed by atoms with Crippen LogP contribution >= 0.6 is 11.8 Å². The standard InChI is InChI=1S/C12H20F4O2S/c1-8(9(17)18-11(2,3)4)19-7-5-6-12(15,16)10(13)14/h8,10H,5-7H2,1-4H3. The van der Waals surface area contributed by atoms with E-state index in [9.17, 15) is 22.4 Å². The van der Waals surface area contributed by atoms with Gasteiger partial charge in [-0.3, -0.25) is 4.79 Å². The lowest BCUT2D eigenvalue weighted by molar-refractivity contribution is -0.153. The lowest BCUT2D eigenvalue weighted by atomic mass is 10.2. The van der Waals surface area contributed by atoms with E-state index in [1.165, 1.54) is 0 Å². The fourth-order valence-electron chi connectivity index (χ4n) is 1.13. The van der Waals surface area contributed by atoms with Gasteiger partial charge in [-0.2, -0.15) is 0 Å². The summed E-state index contributed by atoms with van der Waals surface area (Å²) in [7, 11) is 0. The first kappa shape index (κ1) is 18.5. The minimum Gasteiger partial charge on any atom is -0.459 e. The van der Waals surface area contributed by atoms with Gasteiger partial charge >= 0.3 is 18.3 Å². The van der Waals surface area contributed by atoms with Gasteiger partial charge in [0.15, 0.2) is 0 Å². The first-order valence-electron chi connectivity index (χ1n) is 5.96. The number of ether oxygens (including phenoxy) is 1. The van der Waals surface area contributed by atoms with Crippen molar-refractivity contribution in [3.8, 4) is 0 Å². The van der Waals surface area contributed by atoms with Crippen LogP contribution in [0.25, 0.3) is 0 Å². The average molecular weight is 304 g/mol. The highest BCUT2D eigenvalue weighted by Crippen LogP contribution is 2.29. The smallest absolute Gasteiger partial charge is 0.319 e. The molecule has 0 aliphatic heterocycles. The number of carbonyl (C=O) groups is 1. The zero-order valence-electron chi connectivity index (χ0n) is 11.5. The molecule has 0 aromatic rings. The van der Waals surface area contributed by atoms with E-state index in [-0.39, 0.29) is 12.2 Å². The Morgan fingerprint density at radius 3 is 2.21 bits per heavy atom. The second-order valence-corrected chi connectivity index (χ2v) is 6.66. The molecule has 0 saturated heterocycles. The van der Waals surface area contributed by atoms with Crippen LogP contribution < -0.4 is 0 Å². The molecule has 0 aliphatic rings. The molecule has 0 aromatic heterocycles.